The second-order valence-corrected chi connectivity index (χ2v) is 11.4. The van der Waals surface area contributed by atoms with Crippen LogP contribution < -0.4 is 19.7 Å². The van der Waals surface area contributed by atoms with Gasteiger partial charge in [-0.25, -0.2) is 4.79 Å². The van der Waals surface area contributed by atoms with E-state index in [1.54, 1.807) is 36.4 Å². The molecule has 1 fully saturated rings. The molecule has 2 aliphatic heterocycles. The number of ether oxygens (including phenoxy) is 2. The van der Waals surface area contributed by atoms with E-state index in [9.17, 15) is 34.2 Å². The molecule has 4 amide bonds. The highest BCUT2D eigenvalue weighted by Gasteiger charge is 2.32. The number of carbonyl (C=O) groups excluding carboxylic acids is 5. The summed E-state index contributed by atoms with van der Waals surface area (Å²) in [5, 5.41) is 40.8. The van der Waals surface area contributed by atoms with Gasteiger partial charge in [-0.05, 0) is 48.7 Å². The van der Waals surface area contributed by atoms with Crippen molar-refractivity contribution in [3.63, 3.8) is 0 Å². The highest BCUT2D eigenvalue weighted by molar-refractivity contribution is 6.01. The van der Waals surface area contributed by atoms with E-state index in [2.05, 4.69) is 17.2 Å². The van der Waals surface area contributed by atoms with Crippen molar-refractivity contribution >= 4 is 35.3 Å². The molecule has 49 heavy (non-hydrogen) atoms. The second kappa shape index (κ2) is 17.9. The van der Waals surface area contributed by atoms with Gasteiger partial charge in [0.1, 0.15) is 36.9 Å². The Morgan fingerprint density at radius 3 is 2.08 bits per heavy atom. The Bertz CT molecular complexity index is 1580. The van der Waals surface area contributed by atoms with Gasteiger partial charge in [0.15, 0.2) is 0 Å². The standard InChI is InChI=1S/C34H39N3O12/c38-18-25(40)20-47-27-10-8-22-6-7-23-9-11-28(48-21-26(41)19-39)16-29(23)36(17-24(22)15-27)31(43)4-1-3-30(42)35-14-2-5-34(46)49-37-32(44)12-13-33(37)45/h8-11,15-16,25-26,38-41H,1-5,12-14,17-21H2,(H,35,42)/t25-,26-/m0/s1. The minimum Gasteiger partial charge on any atom is -0.491 e. The quantitative estimate of drug-likeness (QED) is 0.0853. The zero-order valence-corrected chi connectivity index (χ0v) is 26.8. The lowest BCUT2D eigenvalue weighted by molar-refractivity contribution is -0.197. The highest BCUT2D eigenvalue weighted by atomic mass is 16.7. The van der Waals surface area contributed by atoms with E-state index in [0.717, 1.165) is 0 Å². The van der Waals surface area contributed by atoms with Gasteiger partial charge in [0, 0.05) is 55.8 Å². The summed E-state index contributed by atoms with van der Waals surface area (Å²) in [4.78, 5) is 67.6. The van der Waals surface area contributed by atoms with Crippen LogP contribution in [0.25, 0.3) is 0 Å². The lowest BCUT2D eigenvalue weighted by Gasteiger charge is -2.27. The Balaban J connectivity index is 1.38. The van der Waals surface area contributed by atoms with Gasteiger partial charge >= 0.3 is 5.97 Å². The maximum Gasteiger partial charge on any atom is 0.333 e. The maximum atomic E-state index is 13.7. The summed E-state index contributed by atoms with van der Waals surface area (Å²) in [5.74, 6) is 4.39. The summed E-state index contributed by atoms with van der Waals surface area (Å²) in [6.07, 6.45) is -1.85. The molecular formula is C34H39N3O12. The predicted molar refractivity (Wildman–Crippen MR) is 171 cm³/mol. The smallest absolute Gasteiger partial charge is 0.333 e. The molecule has 0 aliphatic carbocycles. The fourth-order valence-corrected chi connectivity index (χ4v) is 4.84. The third-order valence-electron chi connectivity index (χ3n) is 7.48. The van der Waals surface area contributed by atoms with Crippen LogP contribution in [0.3, 0.4) is 0 Å². The van der Waals surface area contributed by atoms with Gasteiger partial charge in [-0.15, -0.1) is 5.06 Å². The van der Waals surface area contributed by atoms with Gasteiger partial charge in [-0.2, -0.15) is 0 Å². The number of hydroxylamine groups is 2. The Morgan fingerprint density at radius 1 is 0.816 bits per heavy atom. The van der Waals surface area contributed by atoms with Crippen molar-refractivity contribution in [3.8, 4) is 23.3 Å². The highest BCUT2D eigenvalue weighted by Crippen LogP contribution is 2.31. The first-order valence-electron chi connectivity index (χ1n) is 15.8. The van der Waals surface area contributed by atoms with E-state index >= 15 is 0 Å². The van der Waals surface area contributed by atoms with E-state index in [4.69, 9.17) is 24.5 Å². The molecule has 0 saturated carbocycles. The number of nitrogens with one attached hydrogen (secondary N) is 1. The van der Waals surface area contributed by atoms with Crippen LogP contribution in [0.4, 0.5) is 5.69 Å². The molecule has 262 valence electrons. The third-order valence-corrected chi connectivity index (χ3v) is 7.48. The summed E-state index contributed by atoms with van der Waals surface area (Å²) in [7, 11) is 0. The molecule has 2 aliphatic rings. The third kappa shape index (κ3) is 10.7. The molecule has 0 unspecified atom stereocenters. The Labute approximate surface area is 282 Å². The van der Waals surface area contributed by atoms with Crippen molar-refractivity contribution in [1.82, 2.24) is 10.4 Å². The summed E-state index contributed by atoms with van der Waals surface area (Å²) in [6.45, 7) is -1.04. The maximum absolute atomic E-state index is 13.7. The first-order valence-corrected chi connectivity index (χ1v) is 15.8. The van der Waals surface area contributed by atoms with Gasteiger partial charge in [-0.3, -0.25) is 19.2 Å². The first-order chi connectivity index (χ1) is 23.6. The average molecular weight is 682 g/mol. The molecule has 5 N–H and O–H groups in total. The van der Waals surface area contributed by atoms with Crippen LogP contribution in [0.1, 0.15) is 61.6 Å². The Morgan fingerprint density at radius 2 is 1.43 bits per heavy atom. The van der Waals surface area contributed by atoms with E-state index in [0.29, 0.717) is 38.9 Å². The molecule has 15 nitrogen and oxygen atoms in total. The lowest BCUT2D eigenvalue weighted by Crippen LogP contribution is -2.33. The number of hydrogen-bond acceptors (Lipinski definition) is 12. The molecule has 0 aromatic heterocycles. The number of carbonyl (C=O) groups is 5. The van der Waals surface area contributed by atoms with E-state index in [1.165, 1.54) is 4.90 Å². The van der Waals surface area contributed by atoms with E-state index in [-0.39, 0.29) is 83.1 Å². The number of imide groups is 1. The number of anilines is 1. The summed E-state index contributed by atoms with van der Waals surface area (Å²) < 4.78 is 11.2. The number of nitrogens with zero attached hydrogens (tertiary/aromatic N) is 2. The van der Waals surface area contributed by atoms with Crippen molar-refractivity contribution in [2.24, 2.45) is 0 Å². The number of amides is 4. The predicted octanol–water partition coefficient (Wildman–Crippen LogP) is 0.0709. The summed E-state index contributed by atoms with van der Waals surface area (Å²) in [5.41, 5.74) is 2.27. The van der Waals surface area contributed by atoms with Crippen molar-refractivity contribution in [3.05, 3.63) is 53.1 Å². The molecule has 0 bridgehead atoms. The number of fused-ring (bicyclic) bond motifs is 2. The number of rotatable bonds is 17. The SMILES string of the molecule is O=C(CCCC(=O)N1Cc2cc(OC[C@@H](O)CO)ccc2C#Cc2ccc(OC[C@@H](O)CO)cc21)NCCCC(=O)ON1C(=O)CCC1=O. The molecule has 2 heterocycles. The number of hydrogen-bond donors (Lipinski definition) is 5. The van der Waals surface area contributed by atoms with Crippen LogP contribution in [0.2, 0.25) is 0 Å². The topological polar surface area (TPSA) is 212 Å². The van der Waals surface area contributed by atoms with Crippen molar-refractivity contribution < 1.29 is 58.7 Å². The fraction of sp³-hybridized carbons (Fsp3) is 0.441. The number of aliphatic hydroxyl groups is 4. The molecule has 1 saturated heterocycles. The zero-order valence-electron chi connectivity index (χ0n) is 26.8. The van der Waals surface area contributed by atoms with Gasteiger partial charge in [0.25, 0.3) is 11.8 Å². The van der Waals surface area contributed by atoms with Crippen LogP contribution in [0, 0.1) is 11.8 Å². The Kier molecular flexibility index (Phi) is 13.5. The summed E-state index contributed by atoms with van der Waals surface area (Å²) in [6, 6.07) is 10.0. The largest absolute Gasteiger partial charge is 0.491 e. The van der Waals surface area contributed by atoms with Crippen molar-refractivity contribution in [1.29, 1.82) is 0 Å². The monoisotopic (exact) mass is 681 g/mol. The molecule has 2 aromatic carbocycles. The minimum atomic E-state index is -1.10. The van der Waals surface area contributed by atoms with Crippen LogP contribution >= 0.6 is 0 Å². The second-order valence-electron chi connectivity index (χ2n) is 11.4. The summed E-state index contributed by atoms with van der Waals surface area (Å²) >= 11 is 0. The normalized spacial score (nSPS) is 14.8. The molecule has 0 radical (unpaired) electrons. The van der Waals surface area contributed by atoms with E-state index in [1.807, 2.05) is 0 Å². The van der Waals surface area contributed by atoms with Gasteiger partial charge in [0.2, 0.25) is 11.8 Å². The fourth-order valence-electron chi connectivity index (χ4n) is 4.84. The van der Waals surface area contributed by atoms with Gasteiger partial charge in [-0.1, -0.05) is 11.8 Å². The molecule has 0 spiro atoms. The minimum absolute atomic E-state index is 0.00396. The van der Waals surface area contributed by atoms with Gasteiger partial charge in [0.05, 0.1) is 25.4 Å². The van der Waals surface area contributed by atoms with Crippen LogP contribution in [0.5, 0.6) is 11.5 Å². The van der Waals surface area contributed by atoms with Crippen LogP contribution in [-0.2, 0) is 35.4 Å². The van der Waals surface area contributed by atoms with Gasteiger partial charge < -0.3 is 45.0 Å². The Hall–Kier alpha value is -5.01. The first kappa shape index (κ1) is 36.8. The van der Waals surface area contributed by atoms with Crippen LogP contribution in [-0.4, -0.2) is 100 Å². The van der Waals surface area contributed by atoms with Crippen molar-refractivity contribution in [2.75, 3.05) is 37.9 Å². The molecule has 15 heteroatoms. The molecular weight excluding hydrogens is 642 g/mol. The van der Waals surface area contributed by atoms with E-state index < -0.39 is 43.2 Å². The molecule has 2 atom stereocenters. The average Bonchev–Trinajstić information content (AvgIpc) is 3.40. The molecule has 2 aromatic rings. The zero-order chi connectivity index (χ0) is 35.3. The number of benzene rings is 2. The number of aliphatic hydroxyl groups excluding tert-OH is 4. The lowest BCUT2D eigenvalue weighted by atomic mass is 10.0. The molecule has 4 rings (SSSR count). The van der Waals surface area contributed by atoms with Crippen molar-refractivity contribution in [2.45, 2.75) is 63.7 Å². The van der Waals surface area contributed by atoms with Crippen LogP contribution in [0.15, 0.2) is 36.4 Å².